The van der Waals surface area contributed by atoms with Gasteiger partial charge in [0, 0.05) is 17.5 Å². The van der Waals surface area contributed by atoms with E-state index < -0.39 is 0 Å². The van der Waals surface area contributed by atoms with Crippen molar-refractivity contribution in [2.45, 2.75) is 32.2 Å². The van der Waals surface area contributed by atoms with Crippen LogP contribution in [0.2, 0.25) is 0 Å². The summed E-state index contributed by atoms with van der Waals surface area (Å²) >= 11 is 4.72. The predicted octanol–water partition coefficient (Wildman–Crippen LogP) is 2.80. The number of carbonyl (C=O) groups is 1. The van der Waals surface area contributed by atoms with Crippen molar-refractivity contribution in [2.24, 2.45) is 5.41 Å². The van der Waals surface area contributed by atoms with Gasteiger partial charge in [0.25, 0.3) is 5.91 Å². The van der Waals surface area contributed by atoms with Crippen molar-refractivity contribution in [3.05, 3.63) is 14.7 Å². The number of nitrogens with one attached hydrogen (secondary N) is 1. The van der Waals surface area contributed by atoms with Crippen molar-refractivity contribution < 1.29 is 14.6 Å². The standard InChI is InChI=1S/C13H18BrNO3S/c1-13(7-16)5-3-4-10(13)15-12(17)9-6-8(18-2)11(14)19-9/h6,10,16H,3-5,7H2,1-2H3,(H,15,17). The van der Waals surface area contributed by atoms with Gasteiger partial charge in [-0.2, -0.15) is 0 Å². The number of halogens is 1. The van der Waals surface area contributed by atoms with E-state index in [1.807, 2.05) is 6.92 Å². The molecular formula is C13H18BrNO3S. The Kier molecular flexibility index (Phi) is 4.53. The lowest BCUT2D eigenvalue weighted by Gasteiger charge is -2.29. The molecule has 1 aliphatic rings. The van der Waals surface area contributed by atoms with Crippen LogP contribution in [0.3, 0.4) is 0 Å². The highest BCUT2D eigenvalue weighted by Crippen LogP contribution is 2.38. The van der Waals surface area contributed by atoms with Gasteiger partial charge in [-0.25, -0.2) is 0 Å². The van der Waals surface area contributed by atoms with Gasteiger partial charge in [0.2, 0.25) is 0 Å². The Morgan fingerprint density at radius 2 is 2.47 bits per heavy atom. The number of hydrogen-bond donors (Lipinski definition) is 2. The van der Waals surface area contributed by atoms with Gasteiger partial charge in [0.15, 0.2) is 0 Å². The van der Waals surface area contributed by atoms with Crippen molar-refractivity contribution in [1.82, 2.24) is 5.32 Å². The third-order valence-corrected chi connectivity index (χ3v) is 5.63. The molecule has 0 saturated heterocycles. The van der Waals surface area contributed by atoms with Crippen LogP contribution >= 0.6 is 27.3 Å². The molecule has 1 aromatic heterocycles. The minimum Gasteiger partial charge on any atom is -0.495 e. The number of hydrogen-bond acceptors (Lipinski definition) is 4. The number of rotatable bonds is 4. The molecule has 1 heterocycles. The molecule has 19 heavy (non-hydrogen) atoms. The highest BCUT2D eigenvalue weighted by atomic mass is 79.9. The second-order valence-corrected chi connectivity index (χ2v) is 7.55. The first kappa shape index (κ1) is 14.8. The van der Waals surface area contributed by atoms with Crippen molar-refractivity contribution in [1.29, 1.82) is 0 Å². The largest absolute Gasteiger partial charge is 0.495 e. The molecule has 0 bridgehead atoms. The van der Waals surface area contributed by atoms with Crippen molar-refractivity contribution in [3.8, 4) is 5.75 Å². The smallest absolute Gasteiger partial charge is 0.261 e. The highest BCUT2D eigenvalue weighted by Gasteiger charge is 2.39. The first-order valence-electron chi connectivity index (χ1n) is 6.25. The molecule has 6 heteroatoms. The quantitative estimate of drug-likeness (QED) is 0.880. The van der Waals surface area contributed by atoms with E-state index in [0.717, 1.165) is 23.0 Å². The molecule has 0 spiro atoms. The molecule has 1 fully saturated rings. The molecule has 1 amide bonds. The van der Waals surface area contributed by atoms with Crippen molar-refractivity contribution in [3.63, 3.8) is 0 Å². The fourth-order valence-electron chi connectivity index (χ4n) is 2.50. The topological polar surface area (TPSA) is 58.6 Å². The van der Waals surface area contributed by atoms with E-state index in [1.165, 1.54) is 11.3 Å². The monoisotopic (exact) mass is 347 g/mol. The van der Waals surface area contributed by atoms with Gasteiger partial charge in [-0.05, 0) is 28.8 Å². The Hall–Kier alpha value is -0.590. The first-order valence-corrected chi connectivity index (χ1v) is 7.86. The van der Waals surface area contributed by atoms with E-state index in [2.05, 4.69) is 21.2 Å². The van der Waals surface area contributed by atoms with Crippen molar-refractivity contribution >= 4 is 33.2 Å². The Balaban J connectivity index is 2.08. The summed E-state index contributed by atoms with van der Waals surface area (Å²) in [7, 11) is 1.58. The lowest BCUT2D eigenvalue weighted by atomic mass is 9.86. The van der Waals surface area contributed by atoms with Crippen LogP contribution in [0.25, 0.3) is 0 Å². The zero-order chi connectivity index (χ0) is 14.0. The number of methoxy groups -OCH3 is 1. The summed E-state index contributed by atoms with van der Waals surface area (Å²) in [5, 5.41) is 12.5. The summed E-state index contributed by atoms with van der Waals surface area (Å²) in [5.74, 6) is 0.576. The zero-order valence-corrected chi connectivity index (χ0v) is 13.4. The van der Waals surface area contributed by atoms with E-state index >= 15 is 0 Å². The summed E-state index contributed by atoms with van der Waals surface area (Å²) in [4.78, 5) is 12.8. The molecule has 1 aromatic rings. The van der Waals surface area contributed by atoms with Gasteiger partial charge in [0.05, 0.1) is 18.6 Å². The average molecular weight is 348 g/mol. The average Bonchev–Trinajstić information content (AvgIpc) is 2.94. The van der Waals surface area contributed by atoms with Crippen LogP contribution in [0.15, 0.2) is 9.85 Å². The molecule has 106 valence electrons. The normalized spacial score (nSPS) is 26.4. The Labute approximate surface area is 125 Å². The van der Waals surface area contributed by atoms with Crippen LogP contribution in [-0.2, 0) is 0 Å². The first-order chi connectivity index (χ1) is 9.00. The zero-order valence-electron chi connectivity index (χ0n) is 11.0. The van der Waals surface area contributed by atoms with Crippen LogP contribution < -0.4 is 10.1 Å². The Morgan fingerprint density at radius 3 is 3.05 bits per heavy atom. The van der Waals surface area contributed by atoms with Crippen LogP contribution in [0.5, 0.6) is 5.75 Å². The fourth-order valence-corrected chi connectivity index (χ4v) is 4.05. The predicted molar refractivity (Wildman–Crippen MR) is 78.9 cm³/mol. The molecular weight excluding hydrogens is 330 g/mol. The number of aliphatic hydroxyl groups excluding tert-OH is 1. The lowest BCUT2D eigenvalue weighted by molar-refractivity contribution is 0.0834. The summed E-state index contributed by atoms with van der Waals surface area (Å²) in [6.45, 7) is 2.13. The van der Waals surface area contributed by atoms with Gasteiger partial charge in [-0.1, -0.05) is 13.3 Å². The molecule has 0 aliphatic heterocycles. The van der Waals surface area contributed by atoms with Crippen LogP contribution in [0, 0.1) is 5.41 Å². The maximum Gasteiger partial charge on any atom is 0.261 e. The van der Waals surface area contributed by atoms with Gasteiger partial charge in [0.1, 0.15) is 9.54 Å². The lowest BCUT2D eigenvalue weighted by Crippen LogP contribution is -2.44. The highest BCUT2D eigenvalue weighted by molar-refractivity contribution is 9.11. The van der Waals surface area contributed by atoms with E-state index in [4.69, 9.17) is 4.74 Å². The van der Waals surface area contributed by atoms with Gasteiger partial charge in [-0.15, -0.1) is 11.3 Å². The molecule has 1 aliphatic carbocycles. The number of ether oxygens (including phenoxy) is 1. The van der Waals surface area contributed by atoms with Crippen molar-refractivity contribution in [2.75, 3.05) is 13.7 Å². The third-order valence-electron chi connectivity index (χ3n) is 3.85. The van der Waals surface area contributed by atoms with Crippen LogP contribution in [0.1, 0.15) is 35.9 Å². The molecule has 0 radical (unpaired) electrons. The van der Waals surface area contributed by atoms with E-state index in [9.17, 15) is 9.90 Å². The second kappa shape index (κ2) is 5.81. The minimum atomic E-state index is -0.200. The molecule has 4 nitrogen and oxygen atoms in total. The summed E-state index contributed by atoms with van der Waals surface area (Å²) in [6.07, 6.45) is 2.91. The molecule has 1 saturated carbocycles. The van der Waals surface area contributed by atoms with Gasteiger partial charge < -0.3 is 15.2 Å². The van der Waals surface area contributed by atoms with Crippen LogP contribution in [0.4, 0.5) is 0 Å². The summed E-state index contributed by atoms with van der Waals surface area (Å²) in [5.41, 5.74) is -0.200. The number of thiophene rings is 1. The minimum absolute atomic E-state index is 0.0388. The Bertz CT molecular complexity index is 476. The third kappa shape index (κ3) is 2.95. The molecule has 2 rings (SSSR count). The molecule has 2 unspecified atom stereocenters. The van der Waals surface area contributed by atoms with Gasteiger partial charge >= 0.3 is 0 Å². The Morgan fingerprint density at radius 1 is 1.74 bits per heavy atom. The number of carbonyl (C=O) groups excluding carboxylic acids is 1. The number of amides is 1. The van der Waals surface area contributed by atoms with Crippen LogP contribution in [-0.4, -0.2) is 30.8 Å². The molecule has 2 N–H and O–H groups in total. The second-order valence-electron chi connectivity index (χ2n) is 5.18. The molecule has 2 atom stereocenters. The van der Waals surface area contributed by atoms with Gasteiger partial charge in [-0.3, -0.25) is 4.79 Å². The SMILES string of the molecule is COc1cc(C(=O)NC2CCCC2(C)CO)sc1Br. The summed E-state index contributed by atoms with van der Waals surface area (Å²) in [6, 6.07) is 1.77. The summed E-state index contributed by atoms with van der Waals surface area (Å²) < 4.78 is 5.97. The molecule has 0 aromatic carbocycles. The van der Waals surface area contributed by atoms with E-state index in [1.54, 1.807) is 13.2 Å². The van der Waals surface area contributed by atoms with E-state index in [-0.39, 0.29) is 24.0 Å². The fraction of sp³-hybridized carbons (Fsp3) is 0.615. The van der Waals surface area contributed by atoms with E-state index in [0.29, 0.717) is 10.6 Å². The maximum absolute atomic E-state index is 12.2. The number of aliphatic hydroxyl groups is 1. The maximum atomic E-state index is 12.2.